The summed E-state index contributed by atoms with van der Waals surface area (Å²) in [5.41, 5.74) is 0. The summed E-state index contributed by atoms with van der Waals surface area (Å²) in [5.74, 6) is -1.38. The lowest BCUT2D eigenvalue weighted by atomic mass is 10.1. The highest BCUT2D eigenvalue weighted by Crippen LogP contribution is 2.25. The fourth-order valence-electron chi connectivity index (χ4n) is 2.36. The molecule has 1 rings (SSSR count). The summed E-state index contributed by atoms with van der Waals surface area (Å²) in [5, 5.41) is 14.4. The van der Waals surface area contributed by atoms with Gasteiger partial charge >= 0.3 is 12.0 Å². The number of rotatable bonds is 6. The number of nitrogens with zero attached hydrogens (tertiary/aromatic N) is 1. The molecule has 0 unspecified atom stereocenters. The zero-order valence-electron chi connectivity index (χ0n) is 12.0. The number of urea groups is 1. The van der Waals surface area contributed by atoms with Crippen molar-refractivity contribution in [1.82, 2.24) is 15.5 Å². The van der Waals surface area contributed by atoms with E-state index in [4.69, 9.17) is 5.11 Å². The Morgan fingerprint density at radius 3 is 2.45 bits per heavy atom. The lowest BCUT2D eigenvalue weighted by Gasteiger charge is -2.23. The maximum atomic E-state index is 12.0. The SMILES string of the molecule is CCNC(=O)CN(CC)C(=O)N[C@H]1CC[C@@H](C(=O)O)C1. The predicted octanol–water partition coefficient (Wildman–Crippen LogP) is 0.407. The Morgan fingerprint density at radius 1 is 1.25 bits per heavy atom. The van der Waals surface area contributed by atoms with Gasteiger partial charge in [-0.1, -0.05) is 0 Å². The third kappa shape index (κ3) is 4.71. The second-order valence-electron chi connectivity index (χ2n) is 4.96. The smallest absolute Gasteiger partial charge is 0.318 e. The van der Waals surface area contributed by atoms with Crippen molar-refractivity contribution in [2.75, 3.05) is 19.6 Å². The van der Waals surface area contributed by atoms with Crippen LogP contribution in [0.2, 0.25) is 0 Å². The number of likely N-dealkylation sites (N-methyl/N-ethyl adjacent to an activating group) is 2. The summed E-state index contributed by atoms with van der Waals surface area (Å²) in [7, 11) is 0. The van der Waals surface area contributed by atoms with Gasteiger partial charge in [-0.2, -0.15) is 0 Å². The van der Waals surface area contributed by atoms with E-state index in [-0.39, 0.29) is 30.4 Å². The van der Waals surface area contributed by atoms with Crippen LogP contribution in [0.1, 0.15) is 33.1 Å². The fraction of sp³-hybridized carbons (Fsp3) is 0.769. The van der Waals surface area contributed by atoms with Gasteiger partial charge in [0.1, 0.15) is 6.54 Å². The van der Waals surface area contributed by atoms with Crippen LogP contribution in [0.4, 0.5) is 4.79 Å². The first-order valence-corrected chi connectivity index (χ1v) is 7.02. The van der Waals surface area contributed by atoms with Gasteiger partial charge in [-0.15, -0.1) is 0 Å². The molecule has 1 aliphatic carbocycles. The van der Waals surface area contributed by atoms with Crippen LogP contribution < -0.4 is 10.6 Å². The molecule has 0 bridgehead atoms. The molecule has 3 N–H and O–H groups in total. The number of carbonyl (C=O) groups is 3. The Labute approximate surface area is 118 Å². The van der Waals surface area contributed by atoms with Crippen molar-refractivity contribution in [2.24, 2.45) is 5.92 Å². The quantitative estimate of drug-likeness (QED) is 0.658. The molecule has 2 atom stereocenters. The van der Waals surface area contributed by atoms with E-state index in [0.717, 1.165) is 0 Å². The maximum absolute atomic E-state index is 12.0. The normalized spacial score (nSPS) is 21.3. The standard InChI is InChI=1S/C13H23N3O4/c1-3-14-11(17)8-16(4-2)13(20)15-10-6-5-9(7-10)12(18)19/h9-10H,3-8H2,1-2H3,(H,14,17)(H,15,20)(H,18,19)/t9-,10+/m1/s1. The van der Waals surface area contributed by atoms with Crippen LogP contribution in [-0.2, 0) is 9.59 Å². The van der Waals surface area contributed by atoms with Crippen molar-refractivity contribution in [2.45, 2.75) is 39.2 Å². The van der Waals surface area contributed by atoms with Gasteiger partial charge in [0, 0.05) is 19.1 Å². The van der Waals surface area contributed by atoms with E-state index in [1.54, 1.807) is 6.92 Å². The Hall–Kier alpha value is -1.79. The van der Waals surface area contributed by atoms with Crippen molar-refractivity contribution >= 4 is 17.9 Å². The van der Waals surface area contributed by atoms with Crippen LogP contribution in [0.25, 0.3) is 0 Å². The van der Waals surface area contributed by atoms with Gasteiger partial charge in [-0.25, -0.2) is 4.79 Å². The van der Waals surface area contributed by atoms with Crippen LogP contribution in [0.5, 0.6) is 0 Å². The van der Waals surface area contributed by atoms with Gasteiger partial charge in [0.25, 0.3) is 0 Å². The van der Waals surface area contributed by atoms with Gasteiger partial charge in [0.05, 0.1) is 5.92 Å². The number of carbonyl (C=O) groups excluding carboxylic acids is 2. The molecule has 0 spiro atoms. The van der Waals surface area contributed by atoms with Crippen LogP contribution in [0, 0.1) is 5.92 Å². The second-order valence-corrected chi connectivity index (χ2v) is 4.96. The van der Waals surface area contributed by atoms with Crippen LogP contribution >= 0.6 is 0 Å². The van der Waals surface area contributed by atoms with Gasteiger partial charge in [-0.05, 0) is 33.1 Å². The van der Waals surface area contributed by atoms with Gasteiger partial charge < -0.3 is 20.6 Å². The van der Waals surface area contributed by atoms with Crippen molar-refractivity contribution in [3.8, 4) is 0 Å². The van der Waals surface area contributed by atoms with E-state index in [9.17, 15) is 14.4 Å². The van der Waals surface area contributed by atoms with Crippen LogP contribution in [0.3, 0.4) is 0 Å². The Bertz CT molecular complexity index is 373. The van der Waals surface area contributed by atoms with Crippen molar-refractivity contribution in [1.29, 1.82) is 0 Å². The average Bonchev–Trinajstić information content (AvgIpc) is 2.84. The number of hydrogen-bond acceptors (Lipinski definition) is 3. The van der Waals surface area contributed by atoms with Gasteiger partial charge in [0.2, 0.25) is 5.91 Å². The molecule has 0 radical (unpaired) electrons. The average molecular weight is 285 g/mol. The Balaban J connectivity index is 2.44. The molecule has 0 aromatic rings. The summed E-state index contributed by atoms with van der Waals surface area (Å²) in [4.78, 5) is 35.8. The zero-order chi connectivity index (χ0) is 15.1. The van der Waals surface area contributed by atoms with Crippen LogP contribution in [-0.4, -0.2) is 53.6 Å². The molecule has 7 heteroatoms. The minimum Gasteiger partial charge on any atom is -0.481 e. The highest BCUT2D eigenvalue weighted by molar-refractivity contribution is 5.84. The summed E-state index contributed by atoms with van der Waals surface area (Å²) in [6.45, 7) is 4.59. The van der Waals surface area contributed by atoms with Crippen molar-refractivity contribution in [3.63, 3.8) is 0 Å². The summed E-state index contributed by atoms with van der Waals surface area (Å²) >= 11 is 0. The molecule has 0 aliphatic heterocycles. The number of carboxylic acids is 1. The van der Waals surface area contributed by atoms with Gasteiger partial charge in [-0.3, -0.25) is 9.59 Å². The molecule has 20 heavy (non-hydrogen) atoms. The third-order valence-electron chi connectivity index (χ3n) is 3.49. The molecule has 1 aliphatic rings. The zero-order valence-corrected chi connectivity index (χ0v) is 12.0. The number of carboxylic acid groups (broad SMARTS) is 1. The van der Waals surface area contributed by atoms with E-state index < -0.39 is 5.97 Å². The first-order valence-electron chi connectivity index (χ1n) is 7.02. The minimum absolute atomic E-state index is 0.0191. The molecule has 0 aromatic heterocycles. The van der Waals surface area contributed by atoms with E-state index in [2.05, 4.69) is 10.6 Å². The molecule has 7 nitrogen and oxygen atoms in total. The largest absolute Gasteiger partial charge is 0.481 e. The number of hydrogen-bond donors (Lipinski definition) is 3. The maximum Gasteiger partial charge on any atom is 0.318 e. The number of aliphatic carboxylic acids is 1. The van der Waals surface area contributed by atoms with Gasteiger partial charge in [0.15, 0.2) is 0 Å². The van der Waals surface area contributed by atoms with E-state index in [1.165, 1.54) is 4.90 Å². The highest BCUT2D eigenvalue weighted by Gasteiger charge is 2.31. The molecule has 114 valence electrons. The molecule has 0 aromatic carbocycles. The summed E-state index contributed by atoms with van der Waals surface area (Å²) in [6, 6.07) is -0.429. The molecule has 0 heterocycles. The predicted molar refractivity (Wildman–Crippen MR) is 73.2 cm³/mol. The summed E-state index contributed by atoms with van der Waals surface area (Å²) < 4.78 is 0. The topological polar surface area (TPSA) is 98.7 Å². The number of nitrogens with one attached hydrogen (secondary N) is 2. The van der Waals surface area contributed by atoms with E-state index in [1.807, 2.05) is 6.92 Å². The molecular weight excluding hydrogens is 262 g/mol. The van der Waals surface area contributed by atoms with Crippen molar-refractivity contribution in [3.05, 3.63) is 0 Å². The molecule has 1 saturated carbocycles. The molecule has 1 fully saturated rings. The van der Waals surface area contributed by atoms with Crippen molar-refractivity contribution < 1.29 is 19.5 Å². The van der Waals surface area contributed by atoms with Crippen LogP contribution in [0.15, 0.2) is 0 Å². The molecule has 3 amide bonds. The van der Waals surface area contributed by atoms with E-state index in [0.29, 0.717) is 32.4 Å². The number of amides is 3. The second kappa shape index (κ2) is 7.72. The minimum atomic E-state index is -0.809. The lowest BCUT2D eigenvalue weighted by Crippen LogP contribution is -2.48. The fourth-order valence-corrected chi connectivity index (χ4v) is 2.36. The Kier molecular flexibility index (Phi) is 6.27. The Morgan fingerprint density at radius 2 is 1.95 bits per heavy atom. The third-order valence-corrected chi connectivity index (χ3v) is 3.49. The first kappa shape index (κ1) is 16.3. The molecular formula is C13H23N3O4. The molecule has 0 saturated heterocycles. The lowest BCUT2D eigenvalue weighted by molar-refractivity contribution is -0.141. The highest BCUT2D eigenvalue weighted by atomic mass is 16.4. The van der Waals surface area contributed by atoms with E-state index >= 15 is 0 Å². The summed E-state index contributed by atoms with van der Waals surface area (Å²) in [6.07, 6.45) is 1.71. The first-order chi connectivity index (χ1) is 9.47. The monoisotopic (exact) mass is 285 g/mol.